The highest BCUT2D eigenvalue weighted by atomic mass is 35.5. The van der Waals surface area contributed by atoms with Crippen molar-refractivity contribution in [2.24, 2.45) is 0 Å². The number of para-hydroxylation sites is 2. The Balaban J connectivity index is 1.73. The van der Waals surface area contributed by atoms with Gasteiger partial charge < -0.3 is 4.57 Å². The molecular formula is C20H17ClN2S. The molecule has 0 atom stereocenters. The molecule has 2 heterocycles. The fourth-order valence-corrected chi connectivity index (χ4v) is 3.98. The van der Waals surface area contributed by atoms with Crippen LogP contribution in [0.3, 0.4) is 0 Å². The fraction of sp³-hybridized carbons (Fsp3) is 0.150. The van der Waals surface area contributed by atoms with Gasteiger partial charge in [0.15, 0.2) is 0 Å². The molecule has 2 aromatic carbocycles. The number of hydrogen-bond donors (Lipinski definition) is 0. The summed E-state index contributed by atoms with van der Waals surface area (Å²) in [7, 11) is 0. The van der Waals surface area contributed by atoms with Crippen molar-refractivity contribution in [1.82, 2.24) is 9.55 Å². The van der Waals surface area contributed by atoms with E-state index in [2.05, 4.69) is 65.4 Å². The van der Waals surface area contributed by atoms with Crippen LogP contribution in [-0.2, 0) is 13.0 Å². The van der Waals surface area contributed by atoms with Gasteiger partial charge in [-0.2, -0.15) is 0 Å². The molecule has 0 unspecified atom stereocenters. The zero-order valence-electron chi connectivity index (χ0n) is 13.4. The summed E-state index contributed by atoms with van der Waals surface area (Å²) in [5.74, 6) is 1.09. The van der Waals surface area contributed by atoms with Gasteiger partial charge in [0.05, 0.1) is 17.6 Å². The first kappa shape index (κ1) is 15.4. The van der Waals surface area contributed by atoms with E-state index < -0.39 is 0 Å². The second-order valence-electron chi connectivity index (χ2n) is 5.74. The van der Waals surface area contributed by atoms with Gasteiger partial charge in [0, 0.05) is 16.3 Å². The molecule has 4 rings (SSSR count). The van der Waals surface area contributed by atoms with Gasteiger partial charge in [-0.1, -0.05) is 48.9 Å². The van der Waals surface area contributed by atoms with Crippen molar-refractivity contribution in [1.29, 1.82) is 0 Å². The number of benzene rings is 2. The van der Waals surface area contributed by atoms with E-state index in [-0.39, 0.29) is 0 Å². The Bertz CT molecular complexity index is 986. The normalized spacial score (nSPS) is 11.2. The molecule has 0 aliphatic rings. The van der Waals surface area contributed by atoms with E-state index in [0.29, 0.717) is 0 Å². The summed E-state index contributed by atoms with van der Waals surface area (Å²) in [4.78, 5) is 5.98. The first-order valence-electron chi connectivity index (χ1n) is 8.02. The van der Waals surface area contributed by atoms with Gasteiger partial charge in [-0.15, -0.1) is 11.3 Å². The minimum Gasteiger partial charge on any atom is -0.323 e. The molecular weight excluding hydrogens is 336 g/mol. The van der Waals surface area contributed by atoms with Crippen LogP contribution in [0.4, 0.5) is 0 Å². The standard InChI is InChI=1S/C20H17ClN2S/c1-2-20-22-17-6-3-4-7-18(17)23(20)13-15-10-9-14(12-16(15)21)19-8-5-11-24-19/h3-12H,2,13H2,1H3. The van der Waals surface area contributed by atoms with Gasteiger partial charge >= 0.3 is 0 Å². The summed E-state index contributed by atoms with van der Waals surface area (Å²) in [6.45, 7) is 2.88. The average molecular weight is 353 g/mol. The predicted molar refractivity (Wildman–Crippen MR) is 103 cm³/mol. The molecule has 2 nitrogen and oxygen atoms in total. The van der Waals surface area contributed by atoms with E-state index in [1.54, 1.807) is 11.3 Å². The van der Waals surface area contributed by atoms with E-state index in [1.807, 2.05) is 6.07 Å². The average Bonchev–Trinajstić information content (AvgIpc) is 3.25. The number of aryl methyl sites for hydroxylation is 1. The van der Waals surface area contributed by atoms with Crippen molar-refractivity contribution in [2.75, 3.05) is 0 Å². The van der Waals surface area contributed by atoms with Gasteiger partial charge in [-0.05, 0) is 40.8 Å². The molecule has 24 heavy (non-hydrogen) atoms. The quantitative estimate of drug-likeness (QED) is 0.438. The van der Waals surface area contributed by atoms with E-state index in [1.165, 1.54) is 10.4 Å². The summed E-state index contributed by atoms with van der Waals surface area (Å²) < 4.78 is 2.27. The first-order valence-corrected chi connectivity index (χ1v) is 9.28. The Morgan fingerprint density at radius 2 is 1.96 bits per heavy atom. The Labute approximate surface area is 150 Å². The van der Waals surface area contributed by atoms with E-state index in [0.717, 1.165) is 40.4 Å². The van der Waals surface area contributed by atoms with Crippen molar-refractivity contribution >= 4 is 34.0 Å². The summed E-state index contributed by atoms with van der Waals surface area (Å²) in [6, 6.07) is 18.8. The lowest BCUT2D eigenvalue weighted by Gasteiger charge is -2.11. The van der Waals surface area contributed by atoms with E-state index in [9.17, 15) is 0 Å². The minimum atomic E-state index is 0.743. The molecule has 0 aliphatic carbocycles. The van der Waals surface area contributed by atoms with E-state index in [4.69, 9.17) is 16.6 Å². The zero-order chi connectivity index (χ0) is 16.5. The maximum Gasteiger partial charge on any atom is 0.109 e. The maximum absolute atomic E-state index is 6.58. The molecule has 4 heteroatoms. The fourth-order valence-electron chi connectivity index (χ4n) is 3.01. The summed E-state index contributed by atoms with van der Waals surface area (Å²) >= 11 is 8.31. The summed E-state index contributed by atoms with van der Waals surface area (Å²) in [6.07, 6.45) is 0.902. The largest absolute Gasteiger partial charge is 0.323 e. The molecule has 0 radical (unpaired) electrons. The zero-order valence-corrected chi connectivity index (χ0v) is 14.9. The van der Waals surface area contributed by atoms with E-state index >= 15 is 0 Å². The van der Waals surface area contributed by atoms with Gasteiger partial charge in [0.1, 0.15) is 5.82 Å². The van der Waals surface area contributed by atoms with Gasteiger partial charge in [0.25, 0.3) is 0 Å². The van der Waals surface area contributed by atoms with Gasteiger partial charge in [0.2, 0.25) is 0 Å². The monoisotopic (exact) mass is 352 g/mol. The lowest BCUT2D eigenvalue weighted by molar-refractivity contribution is 0.753. The Morgan fingerprint density at radius 1 is 1.08 bits per heavy atom. The van der Waals surface area contributed by atoms with Gasteiger partial charge in [-0.3, -0.25) is 0 Å². The Hall–Kier alpha value is -2.10. The number of halogens is 1. The molecule has 0 amide bonds. The van der Waals surface area contributed by atoms with Crippen molar-refractivity contribution in [2.45, 2.75) is 19.9 Å². The molecule has 0 aliphatic heterocycles. The molecule has 120 valence electrons. The molecule has 0 saturated carbocycles. The molecule has 2 aromatic heterocycles. The Kier molecular flexibility index (Phi) is 4.13. The summed E-state index contributed by atoms with van der Waals surface area (Å²) in [5, 5.41) is 2.89. The van der Waals surface area contributed by atoms with Crippen LogP contribution in [0.25, 0.3) is 21.5 Å². The molecule has 0 bridgehead atoms. The third-order valence-corrected chi connectivity index (χ3v) is 5.51. The third-order valence-electron chi connectivity index (χ3n) is 4.24. The molecule has 0 spiro atoms. The van der Waals surface area contributed by atoms with Crippen LogP contribution in [0.15, 0.2) is 60.0 Å². The number of hydrogen-bond acceptors (Lipinski definition) is 2. The number of rotatable bonds is 4. The summed E-state index contributed by atoms with van der Waals surface area (Å²) in [5.41, 5.74) is 4.49. The molecule has 0 saturated heterocycles. The molecule has 4 aromatic rings. The molecule has 0 fully saturated rings. The van der Waals surface area contributed by atoms with Crippen LogP contribution >= 0.6 is 22.9 Å². The number of imidazole rings is 1. The predicted octanol–water partition coefficient (Wildman–Crippen LogP) is 6.03. The second-order valence-corrected chi connectivity index (χ2v) is 7.09. The molecule has 0 N–H and O–H groups in total. The van der Waals surface area contributed by atoms with Crippen LogP contribution in [0.5, 0.6) is 0 Å². The lowest BCUT2D eigenvalue weighted by Crippen LogP contribution is -2.05. The maximum atomic E-state index is 6.58. The van der Waals surface area contributed by atoms with Gasteiger partial charge in [-0.25, -0.2) is 4.98 Å². The number of nitrogens with zero attached hydrogens (tertiary/aromatic N) is 2. The van der Waals surface area contributed by atoms with Crippen LogP contribution in [0.1, 0.15) is 18.3 Å². The van der Waals surface area contributed by atoms with Crippen molar-refractivity contribution in [3.05, 3.63) is 76.4 Å². The highest BCUT2D eigenvalue weighted by Gasteiger charge is 2.11. The second kappa shape index (κ2) is 6.42. The highest BCUT2D eigenvalue weighted by molar-refractivity contribution is 7.13. The number of thiophene rings is 1. The smallest absolute Gasteiger partial charge is 0.109 e. The topological polar surface area (TPSA) is 17.8 Å². The van der Waals surface area contributed by atoms with Crippen LogP contribution in [0, 0.1) is 0 Å². The SMILES string of the molecule is CCc1nc2ccccc2n1Cc1ccc(-c2cccs2)cc1Cl. The van der Waals surface area contributed by atoms with Crippen molar-refractivity contribution in [3.8, 4) is 10.4 Å². The van der Waals surface area contributed by atoms with Crippen molar-refractivity contribution in [3.63, 3.8) is 0 Å². The number of aromatic nitrogens is 2. The third kappa shape index (κ3) is 2.74. The number of fused-ring (bicyclic) bond motifs is 1. The van der Waals surface area contributed by atoms with Crippen LogP contribution in [0.2, 0.25) is 5.02 Å². The highest BCUT2D eigenvalue weighted by Crippen LogP contribution is 2.30. The first-order chi connectivity index (χ1) is 11.8. The van der Waals surface area contributed by atoms with Crippen molar-refractivity contribution < 1.29 is 0 Å². The minimum absolute atomic E-state index is 0.743. The van der Waals surface area contributed by atoms with Crippen LogP contribution in [-0.4, -0.2) is 9.55 Å². The lowest BCUT2D eigenvalue weighted by atomic mass is 10.1. The van der Waals surface area contributed by atoms with Crippen LogP contribution < -0.4 is 0 Å². The Morgan fingerprint density at radius 3 is 2.71 bits per heavy atom.